The van der Waals surface area contributed by atoms with E-state index in [0.29, 0.717) is 13.2 Å². The van der Waals surface area contributed by atoms with Gasteiger partial charge in [-0.2, -0.15) is 0 Å². The average molecular weight is 799 g/mol. The molecule has 0 amide bonds. The summed E-state index contributed by atoms with van der Waals surface area (Å²) in [5, 5.41) is 5.05. The maximum atomic E-state index is 5.94. The topological polar surface area (TPSA) is 35.0 Å². The minimum absolute atomic E-state index is 0.585. The second-order valence-corrected chi connectivity index (χ2v) is 15.1. The van der Waals surface area contributed by atoms with Crippen LogP contribution in [0.4, 0.5) is 0 Å². The first kappa shape index (κ1) is 31.2. The molecule has 3 nitrogen and oxygen atoms in total. The van der Waals surface area contributed by atoms with E-state index >= 15 is 0 Å². The normalized spacial score (nSPS) is 16.2. The molecule has 0 unspecified atom stereocenters. The van der Waals surface area contributed by atoms with E-state index in [1.165, 1.54) is 44.1 Å². The summed E-state index contributed by atoms with van der Waals surface area (Å²) < 4.78 is 19.1. The molecule has 0 bridgehead atoms. The van der Waals surface area contributed by atoms with Gasteiger partial charge >= 0.3 is 282 Å². The number of ether oxygens (including phenoxy) is 1. The van der Waals surface area contributed by atoms with Gasteiger partial charge in [-0.3, -0.25) is 0 Å². The van der Waals surface area contributed by atoms with Crippen LogP contribution in [0.2, 0.25) is 0 Å². The summed E-state index contributed by atoms with van der Waals surface area (Å²) in [7, 11) is -2.39. The predicted molar refractivity (Wildman–Crippen MR) is 190 cm³/mol. The Balaban J connectivity index is 1.69. The Bertz CT molecular complexity index is 1910. The fraction of sp³-hybridized carbons (Fsp3) is 0.103. The van der Waals surface area contributed by atoms with Crippen molar-refractivity contribution in [2.75, 3.05) is 13.2 Å². The molecule has 1 fully saturated rings. The monoisotopic (exact) mass is 800 g/mol. The number of hydrogen-bond acceptors (Lipinski definition) is 4. The quantitative estimate of drug-likeness (QED) is 0.117. The number of allylic oxidation sites excluding steroid dienone is 6. The average Bonchev–Trinajstić information content (AvgIpc) is 3.78. The van der Waals surface area contributed by atoms with Gasteiger partial charge in [0.2, 0.25) is 0 Å². The summed E-state index contributed by atoms with van der Waals surface area (Å²) in [5.41, 5.74) is 7.51. The van der Waals surface area contributed by atoms with Crippen LogP contribution in [0.5, 0.6) is 0 Å². The van der Waals surface area contributed by atoms with Crippen LogP contribution in [-0.4, -0.2) is 22.0 Å². The molecule has 0 aliphatic carbocycles. The molecule has 6 heteroatoms. The van der Waals surface area contributed by atoms with Gasteiger partial charge in [0.1, 0.15) is 0 Å². The van der Waals surface area contributed by atoms with Gasteiger partial charge in [-0.15, -0.1) is 0 Å². The predicted octanol–water partition coefficient (Wildman–Crippen LogP) is 8.39. The van der Waals surface area contributed by atoms with Crippen molar-refractivity contribution in [3.63, 3.8) is 0 Å². The third-order valence-electron chi connectivity index (χ3n) is 8.00. The number of aromatic nitrogens is 2. The number of fused-ring (bicyclic) bond motifs is 1. The van der Waals surface area contributed by atoms with E-state index in [4.69, 9.17) is 9.11 Å². The van der Waals surface area contributed by atoms with Crippen LogP contribution in [-0.2, 0) is 22.7 Å². The van der Waals surface area contributed by atoms with E-state index in [-0.39, 0.29) is 0 Å². The molecule has 4 aromatic carbocycles. The molecule has 1 aliphatic rings. The molecule has 223 valence electrons. The summed E-state index contributed by atoms with van der Waals surface area (Å²) >= 11 is 3.06. The summed E-state index contributed by atoms with van der Waals surface area (Å²) in [6.07, 6.45) is 13.1. The van der Waals surface area contributed by atoms with Gasteiger partial charge in [-0.1, -0.05) is 0 Å². The molecule has 6 rings (SSSR count). The Morgan fingerprint density at radius 1 is 0.733 bits per heavy atom. The minimum atomic E-state index is -2.39. The summed E-state index contributed by atoms with van der Waals surface area (Å²) in [6.45, 7) is 5.33. The molecule has 0 N–H and O–H groups in total. The van der Waals surface area contributed by atoms with Crippen molar-refractivity contribution in [2.24, 2.45) is 0 Å². The summed E-state index contributed by atoms with van der Waals surface area (Å²) in [5.74, 6) is 0. The van der Waals surface area contributed by atoms with E-state index < -0.39 is 7.26 Å². The van der Waals surface area contributed by atoms with Crippen LogP contribution in [0, 0.1) is 4.37 Å². The summed E-state index contributed by atoms with van der Waals surface area (Å²) in [6, 6.07) is 37.2. The first-order valence-corrected chi connectivity index (χ1v) is 18.7. The van der Waals surface area contributed by atoms with Crippen LogP contribution in [0.3, 0.4) is 0 Å². The molecule has 0 saturated carbocycles. The van der Waals surface area contributed by atoms with Crippen molar-refractivity contribution >= 4 is 58.1 Å². The SMILES string of the molecule is CC=C1COCC1=CC(/C=C/c1ccc(/C=C/C)c2nsnc12)=C([C]#[Os])[P+](c1ccccc1)(c1ccccc1)c1ccccc1. The Labute approximate surface area is 280 Å². The van der Waals surface area contributed by atoms with Crippen molar-refractivity contribution < 1.29 is 22.7 Å². The van der Waals surface area contributed by atoms with Crippen LogP contribution < -0.4 is 15.9 Å². The van der Waals surface area contributed by atoms with E-state index in [2.05, 4.69) is 149 Å². The third kappa shape index (κ3) is 6.21. The molecule has 1 saturated heterocycles. The zero-order valence-electron chi connectivity index (χ0n) is 25.2. The second kappa shape index (κ2) is 14.5. The van der Waals surface area contributed by atoms with Crippen molar-refractivity contribution in [3.8, 4) is 4.37 Å². The zero-order valence-corrected chi connectivity index (χ0v) is 29.5. The molecular weight excluding hydrogens is 766 g/mol. The molecule has 45 heavy (non-hydrogen) atoms. The molecule has 1 aliphatic heterocycles. The van der Waals surface area contributed by atoms with Gasteiger partial charge in [0.05, 0.1) is 0 Å². The number of hydrogen-bond donors (Lipinski definition) is 0. The summed E-state index contributed by atoms with van der Waals surface area (Å²) in [4.78, 5) is 0. The van der Waals surface area contributed by atoms with Gasteiger partial charge in [-0.25, -0.2) is 0 Å². The van der Waals surface area contributed by atoms with Gasteiger partial charge in [-0.05, 0) is 0 Å². The Hall–Kier alpha value is -3.79. The van der Waals surface area contributed by atoms with E-state index in [1.807, 2.05) is 13.0 Å². The number of benzene rings is 4. The van der Waals surface area contributed by atoms with Crippen LogP contribution >= 0.6 is 19.0 Å². The van der Waals surface area contributed by atoms with Gasteiger partial charge in [0.25, 0.3) is 0 Å². The van der Waals surface area contributed by atoms with Gasteiger partial charge < -0.3 is 0 Å². The van der Waals surface area contributed by atoms with E-state index in [9.17, 15) is 0 Å². The molecular formula is C39H33N2OOsPS+. The van der Waals surface area contributed by atoms with Crippen LogP contribution in [0.25, 0.3) is 23.2 Å². The van der Waals surface area contributed by atoms with Gasteiger partial charge in [0.15, 0.2) is 0 Å². The standard InChI is InChI=1S/C39H33N2OPS.Os/c1-4-15-31-22-23-32(39-38(31)40-44-41-39)24-25-33(26-34-28-42-27-30(34)5-2)29(3)43(35-16-9-6-10-17-35,36-18-11-7-12-19-36)37-20-13-8-14-21-37;/h4-26H,27-28H2,1-2H3;/q+1;/b15-4+,25-24+,30-5?,33-29?,34-26?;. The second-order valence-electron chi connectivity index (χ2n) is 10.6. The van der Waals surface area contributed by atoms with E-state index in [1.54, 1.807) is 17.9 Å². The van der Waals surface area contributed by atoms with Crippen LogP contribution in [0.1, 0.15) is 25.0 Å². The van der Waals surface area contributed by atoms with Crippen molar-refractivity contribution in [2.45, 2.75) is 13.8 Å². The van der Waals surface area contributed by atoms with E-state index in [0.717, 1.165) is 27.7 Å². The third-order valence-corrected chi connectivity index (χ3v) is 13.9. The molecule has 5 aromatic rings. The van der Waals surface area contributed by atoms with Crippen molar-refractivity contribution in [1.29, 1.82) is 0 Å². The molecule has 0 radical (unpaired) electrons. The zero-order chi connectivity index (χ0) is 31.1. The van der Waals surface area contributed by atoms with Gasteiger partial charge in [0, 0.05) is 0 Å². The maximum absolute atomic E-state index is 5.94. The Morgan fingerprint density at radius 3 is 1.73 bits per heavy atom. The van der Waals surface area contributed by atoms with Crippen LogP contribution in [0.15, 0.2) is 149 Å². The molecule has 1 aromatic heterocycles. The van der Waals surface area contributed by atoms with Crippen molar-refractivity contribution in [3.05, 3.63) is 161 Å². The fourth-order valence-corrected chi connectivity index (χ4v) is 12.3. The Morgan fingerprint density at radius 2 is 1.24 bits per heavy atom. The molecule has 0 atom stereocenters. The molecule has 2 heterocycles. The fourth-order valence-electron chi connectivity index (χ4n) is 5.87. The molecule has 0 spiro atoms. The number of nitrogens with zero attached hydrogens (tertiary/aromatic N) is 2. The van der Waals surface area contributed by atoms with Crippen molar-refractivity contribution in [1.82, 2.24) is 8.75 Å². The first-order chi connectivity index (χ1) is 22.2. The first-order valence-electron chi connectivity index (χ1n) is 14.9. The Kier molecular flexibility index (Phi) is 10.1. The number of rotatable bonds is 8.